The lowest BCUT2D eigenvalue weighted by molar-refractivity contribution is -0.138. The van der Waals surface area contributed by atoms with Crippen LogP contribution in [-0.2, 0) is 28.7 Å². The number of likely N-dealkylation sites (tertiary alicyclic amines) is 1. The minimum absolute atomic E-state index is 0.0107. The van der Waals surface area contributed by atoms with Crippen LogP contribution in [0.25, 0.3) is 5.69 Å². The molecule has 0 spiro atoms. The van der Waals surface area contributed by atoms with Crippen molar-refractivity contribution in [3.8, 4) is 5.69 Å². The van der Waals surface area contributed by atoms with E-state index in [0.717, 1.165) is 28.9 Å². The molecule has 1 aliphatic rings. The molecule has 35 heavy (non-hydrogen) atoms. The Hall–Kier alpha value is -3.31. The average molecular weight is 489 g/mol. The number of carbonyl (C=O) groups is 1. The molecule has 2 atom stereocenters. The standard InChI is InChI=1S/C24H27F3N6O2/c1-31(23(34)13-17-5-9-20(10-6-17)33-16-28-29-30-33)21-11-12-32(15-22(21)35-2)14-18-3-7-19(8-4-18)24(25,26)27/h3-10,16,21-22H,11-15H2,1-2H3/t21-,22+/m1/s1. The number of piperidine rings is 1. The molecule has 1 saturated heterocycles. The molecule has 1 fully saturated rings. The number of hydrogen-bond acceptors (Lipinski definition) is 6. The quantitative estimate of drug-likeness (QED) is 0.509. The number of likely N-dealkylation sites (N-methyl/N-ethyl adjacent to an activating group) is 1. The summed E-state index contributed by atoms with van der Waals surface area (Å²) in [6.45, 7) is 1.82. The maximum atomic E-state index is 13.0. The number of hydrogen-bond donors (Lipinski definition) is 0. The Bertz CT molecular complexity index is 1100. The van der Waals surface area contributed by atoms with Crippen molar-refractivity contribution in [3.05, 3.63) is 71.5 Å². The molecule has 0 N–H and O–H groups in total. The second-order valence-electron chi connectivity index (χ2n) is 8.66. The van der Waals surface area contributed by atoms with E-state index in [0.29, 0.717) is 26.1 Å². The molecule has 3 aromatic rings. The highest BCUT2D eigenvalue weighted by Crippen LogP contribution is 2.29. The summed E-state index contributed by atoms with van der Waals surface area (Å²) in [4.78, 5) is 16.9. The van der Waals surface area contributed by atoms with Gasteiger partial charge >= 0.3 is 6.18 Å². The number of benzene rings is 2. The van der Waals surface area contributed by atoms with Crippen LogP contribution in [0.2, 0.25) is 0 Å². The molecule has 1 aromatic heterocycles. The maximum absolute atomic E-state index is 13.0. The molecule has 2 aromatic carbocycles. The lowest BCUT2D eigenvalue weighted by Crippen LogP contribution is -2.55. The number of nitrogens with zero attached hydrogens (tertiary/aromatic N) is 6. The average Bonchev–Trinajstić information content (AvgIpc) is 3.39. The van der Waals surface area contributed by atoms with Crippen molar-refractivity contribution in [1.82, 2.24) is 30.0 Å². The fraction of sp³-hybridized carbons (Fsp3) is 0.417. The number of methoxy groups -OCH3 is 1. The van der Waals surface area contributed by atoms with Gasteiger partial charge in [0, 0.05) is 33.8 Å². The SMILES string of the molecule is CO[C@H]1CN(Cc2ccc(C(F)(F)F)cc2)CC[C@H]1N(C)C(=O)Cc1ccc(-n2cnnn2)cc1. The van der Waals surface area contributed by atoms with Gasteiger partial charge in [-0.3, -0.25) is 9.69 Å². The van der Waals surface area contributed by atoms with Crippen LogP contribution in [-0.4, -0.2) is 75.3 Å². The highest BCUT2D eigenvalue weighted by Gasteiger charge is 2.34. The highest BCUT2D eigenvalue weighted by molar-refractivity contribution is 5.79. The molecule has 0 aliphatic carbocycles. The predicted molar refractivity (Wildman–Crippen MR) is 122 cm³/mol. The van der Waals surface area contributed by atoms with Crippen molar-refractivity contribution in [2.24, 2.45) is 0 Å². The first-order valence-corrected chi connectivity index (χ1v) is 11.2. The van der Waals surface area contributed by atoms with Crippen LogP contribution in [0, 0.1) is 0 Å². The van der Waals surface area contributed by atoms with Gasteiger partial charge in [0.25, 0.3) is 0 Å². The summed E-state index contributed by atoms with van der Waals surface area (Å²) in [7, 11) is 3.41. The van der Waals surface area contributed by atoms with Gasteiger partial charge in [-0.25, -0.2) is 4.68 Å². The summed E-state index contributed by atoms with van der Waals surface area (Å²) in [5.74, 6) is -0.0107. The van der Waals surface area contributed by atoms with Crippen molar-refractivity contribution >= 4 is 5.91 Å². The zero-order chi connectivity index (χ0) is 25.0. The molecular weight excluding hydrogens is 461 g/mol. The number of halogens is 3. The van der Waals surface area contributed by atoms with Gasteiger partial charge in [0.1, 0.15) is 6.33 Å². The van der Waals surface area contributed by atoms with Crippen molar-refractivity contribution in [3.63, 3.8) is 0 Å². The Labute approximate surface area is 201 Å². The third-order valence-corrected chi connectivity index (χ3v) is 6.39. The summed E-state index contributed by atoms with van der Waals surface area (Å²) < 4.78 is 45.7. The number of ether oxygens (including phenoxy) is 1. The lowest BCUT2D eigenvalue weighted by Gasteiger charge is -2.42. The molecule has 0 unspecified atom stereocenters. The van der Waals surface area contributed by atoms with Gasteiger partial charge in [-0.15, -0.1) is 5.10 Å². The van der Waals surface area contributed by atoms with E-state index >= 15 is 0 Å². The molecule has 0 radical (unpaired) electrons. The van der Waals surface area contributed by atoms with Gasteiger partial charge in [0.05, 0.1) is 29.8 Å². The van der Waals surface area contributed by atoms with E-state index in [1.54, 1.807) is 23.7 Å². The van der Waals surface area contributed by atoms with Crippen molar-refractivity contribution in [1.29, 1.82) is 0 Å². The van der Waals surface area contributed by atoms with E-state index in [9.17, 15) is 18.0 Å². The summed E-state index contributed by atoms with van der Waals surface area (Å²) in [6, 6.07) is 12.6. The van der Waals surface area contributed by atoms with E-state index in [2.05, 4.69) is 20.4 Å². The second kappa shape index (κ2) is 10.5. The molecular formula is C24H27F3N6O2. The molecule has 0 saturated carbocycles. The fourth-order valence-electron chi connectivity index (χ4n) is 4.37. The maximum Gasteiger partial charge on any atom is 0.416 e. The van der Waals surface area contributed by atoms with Crippen molar-refractivity contribution in [2.45, 2.75) is 37.7 Å². The fourth-order valence-corrected chi connectivity index (χ4v) is 4.37. The monoisotopic (exact) mass is 488 g/mol. The van der Waals surface area contributed by atoms with Gasteiger partial charge in [-0.1, -0.05) is 24.3 Å². The molecule has 8 nitrogen and oxygen atoms in total. The first-order chi connectivity index (χ1) is 16.7. The van der Waals surface area contributed by atoms with Gasteiger partial charge in [0.15, 0.2) is 0 Å². The van der Waals surface area contributed by atoms with E-state index in [1.807, 2.05) is 24.3 Å². The Morgan fingerprint density at radius 2 is 1.80 bits per heavy atom. The molecule has 11 heteroatoms. The van der Waals surface area contributed by atoms with Crippen LogP contribution >= 0.6 is 0 Å². The number of rotatable bonds is 7. The zero-order valence-corrected chi connectivity index (χ0v) is 19.5. The second-order valence-corrected chi connectivity index (χ2v) is 8.66. The summed E-state index contributed by atoms with van der Waals surface area (Å²) >= 11 is 0. The summed E-state index contributed by atoms with van der Waals surface area (Å²) in [6.07, 6.45) is -2.07. The minimum atomic E-state index is -4.34. The Balaban J connectivity index is 1.33. The third-order valence-electron chi connectivity index (χ3n) is 6.39. The van der Waals surface area contributed by atoms with E-state index in [-0.39, 0.29) is 24.5 Å². The first kappa shape index (κ1) is 24.8. The number of tetrazole rings is 1. The van der Waals surface area contributed by atoms with E-state index < -0.39 is 11.7 Å². The van der Waals surface area contributed by atoms with Gasteiger partial charge < -0.3 is 9.64 Å². The van der Waals surface area contributed by atoms with Crippen LogP contribution in [0.15, 0.2) is 54.9 Å². The van der Waals surface area contributed by atoms with Crippen LogP contribution in [0.1, 0.15) is 23.1 Å². The molecule has 4 rings (SSSR count). The van der Waals surface area contributed by atoms with Crippen molar-refractivity contribution < 1.29 is 22.7 Å². The third kappa shape index (κ3) is 6.04. The summed E-state index contributed by atoms with van der Waals surface area (Å²) in [5.41, 5.74) is 1.84. The topological polar surface area (TPSA) is 76.4 Å². The lowest BCUT2D eigenvalue weighted by atomic mass is 9.98. The predicted octanol–water partition coefficient (Wildman–Crippen LogP) is 2.97. The molecule has 0 bridgehead atoms. The van der Waals surface area contributed by atoms with Crippen LogP contribution in [0.4, 0.5) is 13.2 Å². The summed E-state index contributed by atoms with van der Waals surface area (Å²) in [5, 5.41) is 11.1. The normalized spacial score (nSPS) is 19.0. The van der Waals surface area contributed by atoms with Crippen molar-refractivity contribution in [2.75, 3.05) is 27.2 Å². The van der Waals surface area contributed by atoms with Gasteiger partial charge in [-0.05, 0) is 52.2 Å². The Morgan fingerprint density at radius 3 is 2.40 bits per heavy atom. The highest BCUT2D eigenvalue weighted by atomic mass is 19.4. The molecule has 1 aliphatic heterocycles. The first-order valence-electron chi connectivity index (χ1n) is 11.2. The van der Waals surface area contributed by atoms with Crippen LogP contribution < -0.4 is 0 Å². The number of amides is 1. The van der Waals surface area contributed by atoms with Crippen LogP contribution in [0.3, 0.4) is 0 Å². The van der Waals surface area contributed by atoms with Gasteiger partial charge in [-0.2, -0.15) is 13.2 Å². The van der Waals surface area contributed by atoms with Gasteiger partial charge in [0.2, 0.25) is 5.91 Å². The van der Waals surface area contributed by atoms with E-state index in [4.69, 9.17) is 4.74 Å². The minimum Gasteiger partial charge on any atom is -0.378 e. The molecule has 2 heterocycles. The Kier molecular flexibility index (Phi) is 7.46. The zero-order valence-electron chi connectivity index (χ0n) is 19.5. The number of alkyl halides is 3. The largest absolute Gasteiger partial charge is 0.416 e. The Morgan fingerprint density at radius 1 is 1.11 bits per heavy atom. The smallest absolute Gasteiger partial charge is 0.378 e. The number of aromatic nitrogens is 4. The number of carbonyl (C=O) groups excluding carboxylic acids is 1. The molecule has 186 valence electrons. The van der Waals surface area contributed by atoms with Crippen LogP contribution in [0.5, 0.6) is 0 Å². The van der Waals surface area contributed by atoms with E-state index in [1.165, 1.54) is 18.5 Å². The molecule has 1 amide bonds.